The summed E-state index contributed by atoms with van der Waals surface area (Å²) in [7, 11) is 1.75. The smallest absolute Gasteiger partial charge is 0.274 e. The molecule has 0 aliphatic carbocycles. The second kappa shape index (κ2) is 6.75. The van der Waals surface area contributed by atoms with Crippen molar-refractivity contribution in [3.8, 4) is 5.75 Å². The number of aromatic amines is 1. The summed E-state index contributed by atoms with van der Waals surface area (Å²) in [6.07, 6.45) is 0.834. The standard InChI is InChI=1S/C15H19N3O2/c1-3-12-11-14(17-16-12)15(19)18(2)9-10-20-13-7-5-4-6-8-13/h4-8,11H,3,9-10H2,1-2H3,(H,16,17). The number of carbonyl (C=O) groups excluding carboxylic acids is 1. The van der Waals surface area contributed by atoms with E-state index in [1.165, 1.54) is 0 Å². The molecule has 1 aromatic carbocycles. The van der Waals surface area contributed by atoms with Gasteiger partial charge in [0.25, 0.3) is 5.91 Å². The lowest BCUT2D eigenvalue weighted by molar-refractivity contribution is 0.0768. The maximum absolute atomic E-state index is 12.1. The van der Waals surface area contributed by atoms with Crippen molar-refractivity contribution >= 4 is 5.91 Å². The molecule has 0 aliphatic heterocycles. The Morgan fingerprint density at radius 3 is 2.75 bits per heavy atom. The first-order valence-corrected chi connectivity index (χ1v) is 6.68. The van der Waals surface area contributed by atoms with Crippen LogP contribution in [0.3, 0.4) is 0 Å². The number of amides is 1. The zero-order chi connectivity index (χ0) is 14.4. The molecule has 1 amide bonds. The Morgan fingerprint density at radius 1 is 1.35 bits per heavy atom. The maximum Gasteiger partial charge on any atom is 0.274 e. The average molecular weight is 273 g/mol. The van der Waals surface area contributed by atoms with Crippen LogP contribution in [0.4, 0.5) is 0 Å². The van der Waals surface area contributed by atoms with Crippen molar-refractivity contribution in [2.75, 3.05) is 20.2 Å². The Bertz CT molecular complexity index is 551. The number of aryl methyl sites for hydroxylation is 1. The summed E-state index contributed by atoms with van der Waals surface area (Å²) in [4.78, 5) is 13.7. The quantitative estimate of drug-likeness (QED) is 0.877. The fourth-order valence-corrected chi connectivity index (χ4v) is 1.77. The van der Waals surface area contributed by atoms with Crippen LogP contribution >= 0.6 is 0 Å². The number of nitrogens with one attached hydrogen (secondary N) is 1. The molecule has 0 spiro atoms. The summed E-state index contributed by atoms with van der Waals surface area (Å²) >= 11 is 0. The molecule has 0 aliphatic rings. The Kier molecular flexibility index (Phi) is 4.76. The minimum absolute atomic E-state index is 0.0994. The van der Waals surface area contributed by atoms with Gasteiger partial charge in [0.05, 0.1) is 6.54 Å². The normalized spacial score (nSPS) is 10.3. The van der Waals surface area contributed by atoms with Crippen molar-refractivity contribution in [2.45, 2.75) is 13.3 Å². The van der Waals surface area contributed by atoms with E-state index in [0.717, 1.165) is 17.9 Å². The number of nitrogens with zero attached hydrogens (tertiary/aromatic N) is 2. The Hall–Kier alpha value is -2.30. The van der Waals surface area contributed by atoms with Gasteiger partial charge in [-0.05, 0) is 24.6 Å². The van der Waals surface area contributed by atoms with Gasteiger partial charge in [-0.25, -0.2) is 0 Å². The minimum atomic E-state index is -0.0994. The lowest BCUT2D eigenvalue weighted by Crippen LogP contribution is -2.31. The van der Waals surface area contributed by atoms with Crippen LogP contribution in [0.5, 0.6) is 5.75 Å². The molecule has 0 bridgehead atoms. The van der Waals surface area contributed by atoms with Gasteiger partial charge in [0, 0.05) is 12.7 Å². The maximum atomic E-state index is 12.1. The van der Waals surface area contributed by atoms with E-state index in [0.29, 0.717) is 18.8 Å². The van der Waals surface area contributed by atoms with Crippen LogP contribution < -0.4 is 4.74 Å². The highest BCUT2D eigenvalue weighted by molar-refractivity contribution is 5.92. The first kappa shape index (κ1) is 14.1. The number of para-hydroxylation sites is 1. The monoisotopic (exact) mass is 273 g/mol. The van der Waals surface area contributed by atoms with E-state index in [9.17, 15) is 4.79 Å². The lowest BCUT2D eigenvalue weighted by atomic mass is 10.3. The largest absolute Gasteiger partial charge is 0.492 e. The lowest BCUT2D eigenvalue weighted by Gasteiger charge is -2.16. The molecule has 2 rings (SSSR count). The average Bonchev–Trinajstić information content (AvgIpc) is 2.96. The van der Waals surface area contributed by atoms with Gasteiger partial charge in [-0.15, -0.1) is 0 Å². The summed E-state index contributed by atoms with van der Waals surface area (Å²) in [5, 5.41) is 6.86. The van der Waals surface area contributed by atoms with Gasteiger partial charge < -0.3 is 9.64 Å². The van der Waals surface area contributed by atoms with Gasteiger partial charge >= 0.3 is 0 Å². The third kappa shape index (κ3) is 3.60. The van der Waals surface area contributed by atoms with Crippen LogP contribution in [-0.2, 0) is 6.42 Å². The van der Waals surface area contributed by atoms with Gasteiger partial charge in [0.1, 0.15) is 18.1 Å². The van der Waals surface area contributed by atoms with Crippen molar-refractivity contribution in [3.63, 3.8) is 0 Å². The van der Waals surface area contributed by atoms with Gasteiger partial charge in [0.2, 0.25) is 0 Å². The Balaban J connectivity index is 1.82. The van der Waals surface area contributed by atoms with Crippen molar-refractivity contribution < 1.29 is 9.53 Å². The highest BCUT2D eigenvalue weighted by Gasteiger charge is 2.14. The number of ether oxygens (including phenoxy) is 1. The van der Waals surface area contributed by atoms with Crippen LogP contribution in [0.25, 0.3) is 0 Å². The number of benzene rings is 1. The Labute approximate surface area is 118 Å². The van der Waals surface area contributed by atoms with Crippen LogP contribution in [0.2, 0.25) is 0 Å². The zero-order valence-corrected chi connectivity index (χ0v) is 11.8. The molecule has 0 unspecified atom stereocenters. The van der Waals surface area contributed by atoms with Crippen molar-refractivity contribution in [3.05, 3.63) is 47.8 Å². The number of hydrogen-bond donors (Lipinski definition) is 1. The molecule has 1 heterocycles. The molecule has 1 N–H and O–H groups in total. The molecule has 106 valence electrons. The topological polar surface area (TPSA) is 58.2 Å². The third-order valence-electron chi connectivity index (χ3n) is 3.02. The summed E-state index contributed by atoms with van der Waals surface area (Å²) in [6.45, 7) is 2.98. The summed E-state index contributed by atoms with van der Waals surface area (Å²) < 4.78 is 5.57. The molecule has 0 saturated carbocycles. The second-order valence-electron chi connectivity index (χ2n) is 4.52. The van der Waals surface area contributed by atoms with Gasteiger partial charge in [-0.2, -0.15) is 5.10 Å². The van der Waals surface area contributed by atoms with E-state index in [4.69, 9.17) is 4.74 Å². The van der Waals surface area contributed by atoms with Crippen LogP contribution in [0.1, 0.15) is 23.1 Å². The van der Waals surface area contributed by atoms with Crippen molar-refractivity contribution in [1.29, 1.82) is 0 Å². The molecular weight excluding hydrogens is 254 g/mol. The molecule has 5 heteroatoms. The SMILES string of the molecule is CCc1cc(C(=O)N(C)CCOc2ccccc2)n[nH]1. The number of likely N-dealkylation sites (N-methyl/N-ethyl adjacent to an activating group) is 1. The third-order valence-corrected chi connectivity index (χ3v) is 3.02. The molecule has 5 nitrogen and oxygen atoms in total. The molecule has 1 aromatic heterocycles. The van der Waals surface area contributed by atoms with E-state index < -0.39 is 0 Å². The van der Waals surface area contributed by atoms with Crippen LogP contribution in [0, 0.1) is 0 Å². The number of rotatable bonds is 6. The van der Waals surface area contributed by atoms with Gasteiger partial charge in [-0.3, -0.25) is 9.89 Å². The van der Waals surface area contributed by atoms with E-state index in [1.807, 2.05) is 37.3 Å². The van der Waals surface area contributed by atoms with Crippen LogP contribution in [-0.4, -0.2) is 41.2 Å². The van der Waals surface area contributed by atoms with Crippen molar-refractivity contribution in [2.24, 2.45) is 0 Å². The van der Waals surface area contributed by atoms with E-state index in [1.54, 1.807) is 18.0 Å². The predicted octanol–water partition coefficient (Wildman–Crippen LogP) is 2.12. The van der Waals surface area contributed by atoms with E-state index >= 15 is 0 Å². The first-order chi connectivity index (χ1) is 9.70. The number of H-pyrrole nitrogens is 1. The fraction of sp³-hybridized carbons (Fsp3) is 0.333. The minimum Gasteiger partial charge on any atom is -0.492 e. The first-order valence-electron chi connectivity index (χ1n) is 6.68. The molecule has 0 radical (unpaired) electrons. The predicted molar refractivity (Wildman–Crippen MR) is 76.9 cm³/mol. The molecule has 20 heavy (non-hydrogen) atoms. The Morgan fingerprint density at radius 2 is 2.10 bits per heavy atom. The van der Waals surface area contributed by atoms with Crippen molar-refractivity contribution in [1.82, 2.24) is 15.1 Å². The molecular formula is C15H19N3O2. The van der Waals surface area contributed by atoms with E-state index in [2.05, 4.69) is 10.2 Å². The summed E-state index contributed by atoms with van der Waals surface area (Å²) in [5.74, 6) is 0.707. The van der Waals surface area contributed by atoms with E-state index in [-0.39, 0.29) is 5.91 Å². The van der Waals surface area contributed by atoms with Gasteiger partial charge in [-0.1, -0.05) is 25.1 Å². The fourth-order valence-electron chi connectivity index (χ4n) is 1.77. The van der Waals surface area contributed by atoms with Crippen LogP contribution in [0.15, 0.2) is 36.4 Å². The highest BCUT2D eigenvalue weighted by atomic mass is 16.5. The molecule has 0 fully saturated rings. The summed E-state index contributed by atoms with van der Waals surface area (Å²) in [6, 6.07) is 11.3. The summed E-state index contributed by atoms with van der Waals surface area (Å²) in [5.41, 5.74) is 1.41. The number of carbonyl (C=O) groups is 1. The zero-order valence-electron chi connectivity index (χ0n) is 11.8. The highest BCUT2D eigenvalue weighted by Crippen LogP contribution is 2.08. The number of aromatic nitrogens is 2. The molecule has 2 aromatic rings. The van der Waals surface area contributed by atoms with Gasteiger partial charge in [0.15, 0.2) is 0 Å². The number of hydrogen-bond acceptors (Lipinski definition) is 3. The molecule has 0 atom stereocenters. The second-order valence-corrected chi connectivity index (χ2v) is 4.52. The molecule has 0 saturated heterocycles.